The third kappa shape index (κ3) is 2.54. The van der Waals surface area contributed by atoms with Crippen LogP contribution < -0.4 is 5.73 Å². The Kier molecular flexibility index (Phi) is 3.80. The van der Waals surface area contributed by atoms with E-state index in [-0.39, 0.29) is 11.5 Å². The van der Waals surface area contributed by atoms with Crippen molar-refractivity contribution in [1.29, 1.82) is 0 Å². The third-order valence-corrected chi connectivity index (χ3v) is 4.13. The average molecular weight is 233 g/mol. The molecule has 0 radical (unpaired) electrons. The van der Waals surface area contributed by atoms with E-state index in [4.69, 9.17) is 10.5 Å². The van der Waals surface area contributed by atoms with E-state index in [0.717, 1.165) is 32.1 Å². The average Bonchev–Trinajstić information content (AvgIpc) is 2.29. The van der Waals surface area contributed by atoms with Crippen LogP contribution in [0.1, 0.15) is 44.9 Å². The largest absolute Gasteiger partial charge is 0.375 e. The molecule has 2 rings (SSSR count). The number of alkyl halides is 2. The quantitative estimate of drug-likeness (QED) is 0.796. The van der Waals surface area contributed by atoms with Gasteiger partial charge >= 0.3 is 0 Å². The van der Waals surface area contributed by atoms with Crippen LogP contribution in [-0.2, 0) is 4.74 Å². The van der Waals surface area contributed by atoms with Crippen molar-refractivity contribution in [2.75, 3.05) is 6.61 Å². The van der Waals surface area contributed by atoms with Gasteiger partial charge in [0.1, 0.15) is 0 Å². The van der Waals surface area contributed by atoms with Crippen molar-refractivity contribution in [3.8, 4) is 0 Å². The summed E-state index contributed by atoms with van der Waals surface area (Å²) in [6, 6.07) is -0.970. The zero-order chi connectivity index (χ0) is 11.6. The van der Waals surface area contributed by atoms with Crippen molar-refractivity contribution in [3.63, 3.8) is 0 Å². The molecule has 0 amide bonds. The standard InChI is InChI=1S/C12H21F2NO/c13-11(14)10(15)9-4-7-16-12(8-9)5-2-1-3-6-12/h9-11H,1-8,15H2. The van der Waals surface area contributed by atoms with Gasteiger partial charge in [-0.15, -0.1) is 0 Å². The Hall–Kier alpha value is -0.220. The molecule has 2 fully saturated rings. The first-order valence-electron chi connectivity index (χ1n) is 6.31. The van der Waals surface area contributed by atoms with Gasteiger partial charge in [-0.1, -0.05) is 19.3 Å². The van der Waals surface area contributed by atoms with Gasteiger partial charge < -0.3 is 10.5 Å². The minimum Gasteiger partial charge on any atom is -0.375 e. The fourth-order valence-corrected chi connectivity index (χ4v) is 3.14. The number of hydrogen-bond acceptors (Lipinski definition) is 2. The number of ether oxygens (including phenoxy) is 1. The summed E-state index contributed by atoms with van der Waals surface area (Å²) in [5.74, 6) is -0.0631. The molecule has 0 aromatic rings. The lowest BCUT2D eigenvalue weighted by Crippen LogP contribution is -2.48. The Morgan fingerprint density at radius 1 is 1.19 bits per heavy atom. The van der Waals surface area contributed by atoms with Crippen LogP contribution in [0, 0.1) is 5.92 Å². The summed E-state index contributed by atoms with van der Waals surface area (Å²) in [5.41, 5.74) is 5.46. The monoisotopic (exact) mass is 233 g/mol. The van der Waals surface area contributed by atoms with Crippen LogP contribution in [0.4, 0.5) is 8.78 Å². The molecule has 94 valence electrons. The van der Waals surface area contributed by atoms with Crippen LogP contribution in [0.25, 0.3) is 0 Å². The molecule has 0 bridgehead atoms. The molecule has 16 heavy (non-hydrogen) atoms. The van der Waals surface area contributed by atoms with Crippen LogP contribution in [0.15, 0.2) is 0 Å². The zero-order valence-corrected chi connectivity index (χ0v) is 9.63. The molecule has 2 N–H and O–H groups in total. The van der Waals surface area contributed by atoms with E-state index < -0.39 is 12.5 Å². The van der Waals surface area contributed by atoms with E-state index in [9.17, 15) is 8.78 Å². The molecule has 0 aromatic heterocycles. The molecule has 1 aliphatic heterocycles. The predicted molar refractivity (Wildman–Crippen MR) is 58.5 cm³/mol. The molecular formula is C12H21F2NO. The molecule has 2 unspecified atom stereocenters. The first-order valence-corrected chi connectivity index (χ1v) is 6.31. The minimum atomic E-state index is -2.40. The number of hydrogen-bond donors (Lipinski definition) is 1. The highest BCUT2D eigenvalue weighted by Crippen LogP contribution is 2.41. The molecule has 1 heterocycles. The van der Waals surface area contributed by atoms with Crippen molar-refractivity contribution in [3.05, 3.63) is 0 Å². The SMILES string of the molecule is NC(C(F)F)C1CCOC2(CCCCC2)C1. The summed E-state index contributed by atoms with van der Waals surface area (Å²) >= 11 is 0. The summed E-state index contributed by atoms with van der Waals surface area (Å²) in [6.07, 6.45) is 4.65. The van der Waals surface area contributed by atoms with Crippen LogP contribution in [0.5, 0.6) is 0 Å². The number of halogens is 2. The van der Waals surface area contributed by atoms with Crippen molar-refractivity contribution in [2.45, 2.75) is 63.0 Å². The van der Waals surface area contributed by atoms with Gasteiger partial charge in [-0.3, -0.25) is 0 Å². The second-order valence-electron chi connectivity index (χ2n) is 5.26. The van der Waals surface area contributed by atoms with E-state index in [1.54, 1.807) is 0 Å². The second kappa shape index (κ2) is 4.96. The van der Waals surface area contributed by atoms with Gasteiger partial charge in [-0.05, 0) is 31.6 Å². The fourth-order valence-electron chi connectivity index (χ4n) is 3.14. The molecule has 0 aromatic carbocycles. The molecule has 1 saturated heterocycles. The lowest BCUT2D eigenvalue weighted by molar-refractivity contribution is -0.126. The maximum atomic E-state index is 12.6. The first-order chi connectivity index (χ1) is 7.63. The molecule has 4 heteroatoms. The number of nitrogens with two attached hydrogens (primary N) is 1. The maximum absolute atomic E-state index is 12.6. The van der Waals surface area contributed by atoms with Gasteiger partial charge in [0.25, 0.3) is 6.43 Å². The smallest absolute Gasteiger partial charge is 0.253 e. The normalized spacial score (nSPS) is 31.9. The Morgan fingerprint density at radius 2 is 1.88 bits per heavy atom. The van der Waals surface area contributed by atoms with Gasteiger partial charge in [0.15, 0.2) is 0 Å². The highest BCUT2D eigenvalue weighted by atomic mass is 19.3. The Morgan fingerprint density at radius 3 is 2.50 bits per heavy atom. The molecule has 2 aliphatic rings. The lowest BCUT2D eigenvalue weighted by atomic mass is 9.74. The van der Waals surface area contributed by atoms with Gasteiger partial charge in [0.2, 0.25) is 0 Å². The van der Waals surface area contributed by atoms with Crippen molar-refractivity contribution < 1.29 is 13.5 Å². The third-order valence-electron chi connectivity index (χ3n) is 4.13. The second-order valence-corrected chi connectivity index (χ2v) is 5.26. The van der Waals surface area contributed by atoms with E-state index in [1.165, 1.54) is 6.42 Å². The number of rotatable bonds is 2. The first kappa shape index (κ1) is 12.2. The van der Waals surface area contributed by atoms with E-state index >= 15 is 0 Å². The summed E-state index contributed by atoms with van der Waals surface area (Å²) in [6.45, 7) is 0.602. The summed E-state index contributed by atoms with van der Waals surface area (Å²) in [5, 5.41) is 0. The van der Waals surface area contributed by atoms with Crippen LogP contribution in [0.2, 0.25) is 0 Å². The summed E-state index contributed by atoms with van der Waals surface area (Å²) < 4.78 is 31.1. The van der Waals surface area contributed by atoms with Gasteiger partial charge in [-0.25, -0.2) is 8.78 Å². The topological polar surface area (TPSA) is 35.2 Å². The summed E-state index contributed by atoms with van der Waals surface area (Å²) in [4.78, 5) is 0. The molecule has 1 saturated carbocycles. The molecule has 1 spiro atoms. The van der Waals surface area contributed by atoms with Crippen LogP contribution in [-0.4, -0.2) is 24.7 Å². The van der Waals surface area contributed by atoms with E-state index in [2.05, 4.69) is 0 Å². The van der Waals surface area contributed by atoms with Crippen molar-refractivity contribution >= 4 is 0 Å². The molecule has 2 atom stereocenters. The summed E-state index contributed by atoms with van der Waals surface area (Å²) in [7, 11) is 0. The van der Waals surface area contributed by atoms with E-state index in [1.807, 2.05) is 0 Å². The van der Waals surface area contributed by atoms with Crippen LogP contribution in [0.3, 0.4) is 0 Å². The fraction of sp³-hybridized carbons (Fsp3) is 1.00. The van der Waals surface area contributed by atoms with Gasteiger partial charge in [-0.2, -0.15) is 0 Å². The Bertz CT molecular complexity index is 224. The zero-order valence-electron chi connectivity index (χ0n) is 9.63. The highest BCUT2D eigenvalue weighted by molar-refractivity contribution is 4.92. The maximum Gasteiger partial charge on any atom is 0.253 e. The molecule has 2 nitrogen and oxygen atoms in total. The van der Waals surface area contributed by atoms with Crippen molar-refractivity contribution in [2.24, 2.45) is 11.7 Å². The highest BCUT2D eigenvalue weighted by Gasteiger charge is 2.41. The van der Waals surface area contributed by atoms with Crippen molar-refractivity contribution in [1.82, 2.24) is 0 Å². The molecular weight excluding hydrogens is 212 g/mol. The van der Waals surface area contributed by atoms with E-state index in [0.29, 0.717) is 13.0 Å². The van der Waals surface area contributed by atoms with Gasteiger partial charge in [0, 0.05) is 6.61 Å². The molecule has 1 aliphatic carbocycles. The minimum absolute atomic E-state index is 0.0631. The lowest BCUT2D eigenvalue weighted by Gasteiger charge is -2.44. The Balaban J connectivity index is 1.97. The van der Waals surface area contributed by atoms with Gasteiger partial charge in [0.05, 0.1) is 11.6 Å². The van der Waals surface area contributed by atoms with Crippen LogP contribution >= 0.6 is 0 Å². The Labute approximate surface area is 95.5 Å². The predicted octanol–water partition coefficient (Wildman–Crippen LogP) is 2.71.